The fraction of sp³-hybridized carbons (Fsp3) is 0.143. The quantitative estimate of drug-likeness (QED) is 0.701. The zero-order valence-electron chi connectivity index (χ0n) is 9.39. The molecule has 0 atom stereocenters. The monoisotopic (exact) mass is 209 g/mol. The maximum absolute atomic E-state index is 5.30. The summed E-state index contributed by atoms with van der Waals surface area (Å²) < 4.78 is 5.30. The van der Waals surface area contributed by atoms with Crippen LogP contribution in [0.4, 0.5) is 0 Å². The van der Waals surface area contributed by atoms with Crippen molar-refractivity contribution >= 4 is 12.7 Å². The lowest BCUT2D eigenvalue weighted by Gasteiger charge is -2.06. The minimum Gasteiger partial charge on any atom is -0.497 e. The lowest BCUT2D eigenvalue weighted by molar-refractivity contribution is 0.418. The van der Waals surface area contributed by atoms with Gasteiger partial charge in [-0.1, -0.05) is 54.1 Å². The van der Waals surface area contributed by atoms with Crippen LogP contribution in [0.5, 0.6) is 5.75 Å². The van der Waals surface area contributed by atoms with Gasteiger partial charge < -0.3 is 4.74 Å². The van der Waals surface area contributed by atoms with E-state index in [1.165, 1.54) is 5.56 Å². The molecule has 1 nitrogen and oxygen atoms in total. The summed E-state index contributed by atoms with van der Waals surface area (Å²) in [5.41, 5.74) is 2.46. The van der Waals surface area contributed by atoms with Crippen LogP contribution in [0, 0.1) is 0 Å². The van der Waals surface area contributed by atoms with Gasteiger partial charge in [0, 0.05) is 0 Å². The Bertz CT molecular complexity index is 439. The molecule has 0 aliphatic carbocycles. The number of rotatable bonds is 4. The fourth-order valence-corrected chi connectivity index (χ4v) is 1.68. The molecule has 0 fully saturated rings. The molecular weight excluding hydrogens is 195 g/mol. The molecule has 0 saturated heterocycles. The van der Waals surface area contributed by atoms with Crippen molar-refractivity contribution in [2.24, 2.45) is 0 Å². The summed E-state index contributed by atoms with van der Waals surface area (Å²) in [4.78, 5) is 0. The highest BCUT2D eigenvalue weighted by atomic mass is 16.5. The first-order valence-corrected chi connectivity index (χ1v) is 5.40. The molecular formula is C14H14BO. The first-order chi connectivity index (χ1) is 7.90. The van der Waals surface area contributed by atoms with E-state index in [-0.39, 0.29) is 0 Å². The smallest absolute Gasteiger partial charge is 0.161 e. The van der Waals surface area contributed by atoms with E-state index in [0.717, 1.165) is 17.5 Å². The van der Waals surface area contributed by atoms with Gasteiger partial charge in [0.15, 0.2) is 7.28 Å². The van der Waals surface area contributed by atoms with Crippen LogP contribution in [-0.2, 0) is 6.32 Å². The van der Waals surface area contributed by atoms with E-state index >= 15 is 0 Å². The van der Waals surface area contributed by atoms with Crippen LogP contribution >= 0.6 is 0 Å². The van der Waals surface area contributed by atoms with Crippen LogP contribution in [-0.4, -0.2) is 14.4 Å². The lowest BCUT2D eigenvalue weighted by atomic mass is 9.65. The number of para-hydroxylation sites is 1. The zero-order valence-corrected chi connectivity index (χ0v) is 9.39. The van der Waals surface area contributed by atoms with Gasteiger partial charge >= 0.3 is 0 Å². The molecule has 0 amide bonds. The zero-order chi connectivity index (χ0) is 11.2. The van der Waals surface area contributed by atoms with Crippen molar-refractivity contribution in [3.63, 3.8) is 0 Å². The number of benzene rings is 2. The largest absolute Gasteiger partial charge is 0.497 e. The summed E-state index contributed by atoms with van der Waals surface area (Å²) in [7, 11) is 3.89. The van der Waals surface area contributed by atoms with Crippen molar-refractivity contribution in [1.82, 2.24) is 0 Å². The third-order valence-electron chi connectivity index (χ3n) is 2.54. The van der Waals surface area contributed by atoms with E-state index in [0.29, 0.717) is 0 Å². The van der Waals surface area contributed by atoms with E-state index in [4.69, 9.17) is 4.74 Å². The van der Waals surface area contributed by atoms with Gasteiger partial charge in [0.25, 0.3) is 0 Å². The van der Waals surface area contributed by atoms with Crippen LogP contribution in [0.1, 0.15) is 5.56 Å². The lowest BCUT2D eigenvalue weighted by Crippen LogP contribution is -2.18. The Kier molecular flexibility index (Phi) is 3.65. The number of hydrogen-bond acceptors (Lipinski definition) is 1. The van der Waals surface area contributed by atoms with Gasteiger partial charge in [0.1, 0.15) is 5.75 Å². The Morgan fingerprint density at radius 2 is 1.62 bits per heavy atom. The predicted octanol–water partition coefficient (Wildman–Crippen LogP) is 2.22. The molecule has 79 valence electrons. The molecule has 2 rings (SSSR count). The Morgan fingerprint density at radius 1 is 0.938 bits per heavy atom. The van der Waals surface area contributed by atoms with Crippen molar-refractivity contribution in [2.75, 3.05) is 7.11 Å². The third kappa shape index (κ3) is 2.66. The Balaban J connectivity index is 2.05. The van der Waals surface area contributed by atoms with Gasteiger partial charge in [-0.3, -0.25) is 0 Å². The van der Waals surface area contributed by atoms with Crippen molar-refractivity contribution < 1.29 is 4.74 Å². The molecule has 0 aliphatic rings. The maximum Gasteiger partial charge on any atom is 0.161 e. The average Bonchev–Trinajstić information content (AvgIpc) is 2.38. The van der Waals surface area contributed by atoms with E-state index in [2.05, 4.69) is 37.6 Å². The van der Waals surface area contributed by atoms with E-state index in [1.807, 2.05) is 24.3 Å². The number of methoxy groups -OCH3 is 1. The molecule has 1 radical (unpaired) electrons. The molecule has 0 bridgehead atoms. The van der Waals surface area contributed by atoms with Gasteiger partial charge in [-0.2, -0.15) is 0 Å². The topological polar surface area (TPSA) is 9.23 Å². The SMILES string of the molecule is COc1ccccc1[B]Cc1ccccc1. The molecule has 2 aromatic carbocycles. The summed E-state index contributed by atoms with van der Waals surface area (Å²) in [5.74, 6) is 0.929. The first kappa shape index (κ1) is 10.8. The molecule has 0 spiro atoms. The Morgan fingerprint density at radius 3 is 2.38 bits per heavy atom. The number of ether oxygens (including phenoxy) is 1. The van der Waals surface area contributed by atoms with Gasteiger partial charge in [0.2, 0.25) is 0 Å². The average molecular weight is 209 g/mol. The Labute approximate surface area is 97.3 Å². The summed E-state index contributed by atoms with van der Waals surface area (Å²) in [6.45, 7) is 0. The van der Waals surface area contributed by atoms with Crippen molar-refractivity contribution in [3.05, 3.63) is 60.2 Å². The van der Waals surface area contributed by atoms with Crippen molar-refractivity contribution in [1.29, 1.82) is 0 Å². The van der Waals surface area contributed by atoms with Gasteiger partial charge in [0.05, 0.1) is 7.11 Å². The molecule has 2 heteroatoms. The van der Waals surface area contributed by atoms with Crippen LogP contribution in [0.3, 0.4) is 0 Å². The summed E-state index contributed by atoms with van der Waals surface area (Å²) in [6, 6.07) is 18.5. The number of hydrogen-bond donors (Lipinski definition) is 0. The second-order valence-corrected chi connectivity index (χ2v) is 3.64. The molecule has 0 aromatic heterocycles. The highest BCUT2D eigenvalue weighted by Gasteiger charge is 2.03. The van der Waals surface area contributed by atoms with E-state index < -0.39 is 0 Å². The third-order valence-corrected chi connectivity index (χ3v) is 2.54. The second kappa shape index (κ2) is 5.41. The van der Waals surface area contributed by atoms with Crippen LogP contribution < -0.4 is 10.2 Å². The predicted molar refractivity (Wildman–Crippen MR) is 68.5 cm³/mol. The molecule has 2 aromatic rings. The first-order valence-electron chi connectivity index (χ1n) is 5.40. The van der Waals surface area contributed by atoms with Crippen LogP contribution in [0.25, 0.3) is 0 Å². The maximum atomic E-state index is 5.30. The molecule has 0 heterocycles. The van der Waals surface area contributed by atoms with Crippen LogP contribution in [0.15, 0.2) is 54.6 Å². The van der Waals surface area contributed by atoms with E-state index in [9.17, 15) is 0 Å². The highest BCUT2D eigenvalue weighted by molar-refractivity contribution is 6.54. The standard InChI is InChI=1S/C14H14BO/c1-16-14-10-6-5-9-13(14)15-11-12-7-3-2-4-8-12/h2-10H,11H2,1H3. The second-order valence-electron chi connectivity index (χ2n) is 3.64. The van der Waals surface area contributed by atoms with Gasteiger partial charge in [-0.05, 0) is 17.8 Å². The van der Waals surface area contributed by atoms with E-state index in [1.54, 1.807) is 7.11 Å². The normalized spacial score (nSPS) is 9.81. The van der Waals surface area contributed by atoms with Crippen LogP contribution in [0.2, 0.25) is 0 Å². The summed E-state index contributed by atoms with van der Waals surface area (Å²) in [6.07, 6.45) is 0.932. The minimum atomic E-state index is 0.929. The Hall–Kier alpha value is -1.70. The molecule has 0 unspecified atom stereocenters. The molecule has 0 N–H and O–H groups in total. The molecule has 0 saturated carbocycles. The highest BCUT2D eigenvalue weighted by Crippen LogP contribution is 2.06. The minimum absolute atomic E-state index is 0.929. The summed E-state index contributed by atoms with van der Waals surface area (Å²) >= 11 is 0. The summed E-state index contributed by atoms with van der Waals surface area (Å²) in [5, 5.41) is 0. The molecule has 0 aliphatic heterocycles. The van der Waals surface area contributed by atoms with Crippen molar-refractivity contribution in [3.8, 4) is 5.75 Å². The van der Waals surface area contributed by atoms with Gasteiger partial charge in [-0.25, -0.2) is 0 Å². The van der Waals surface area contributed by atoms with Gasteiger partial charge in [-0.15, -0.1) is 0 Å². The fourth-order valence-electron chi connectivity index (χ4n) is 1.68. The van der Waals surface area contributed by atoms with Crippen molar-refractivity contribution in [2.45, 2.75) is 6.32 Å². The molecule has 16 heavy (non-hydrogen) atoms.